The van der Waals surface area contributed by atoms with E-state index >= 15 is 0 Å². The summed E-state index contributed by atoms with van der Waals surface area (Å²) in [6.45, 7) is 4.16. The number of methoxy groups -OCH3 is 1. The van der Waals surface area contributed by atoms with Crippen LogP contribution in [0.4, 0.5) is 5.82 Å². The Labute approximate surface area is 101 Å². The molecule has 2 aromatic rings. The molecule has 0 amide bonds. The van der Waals surface area contributed by atoms with Crippen LogP contribution in [-0.4, -0.2) is 23.3 Å². The minimum absolute atomic E-state index is 0.365. The lowest BCUT2D eigenvalue weighted by atomic mass is 10.1. The summed E-state index contributed by atoms with van der Waals surface area (Å²) in [6, 6.07) is 10.2. The van der Waals surface area contributed by atoms with Crippen molar-refractivity contribution < 1.29 is 4.74 Å². The number of aromatic amines is 1. The molecule has 0 spiro atoms. The van der Waals surface area contributed by atoms with Gasteiger partial charge in [0.25, 0.3) is 0 Å². The monoisotopic (exact) mass is 231 g/mol. The van der Waals surface area contributed by atoms with Crippen LogP contribution in [0.3, 0.4) is 0 Å². The molecule has 2 N–H and O–H groups in total. The zero-order valence-corrected chi connectivity index (χ0v) is 10.3. The number of aromatic nitrogens is 2. The summed E-state index contributed by atoms with van der Waals surface area (Å²) in [5.41, 5.74) is 1.96. The predicted molar refractivity (Wildman–Crippen MR) is 69.3 cm³/mol. The highest BCUT2D eigenvalue weighted by Crippen LogP contribution is 2.29. The summed E-state index contributed by atoms with van der Waals surface area (Å²) in [6.07, 6.45) is 0. The molecule has 1 aromatic heterocycles. The van der Waals surface area contributed by atoms with Crippen molar-refractivity contribution in [2.24, 2.45) is 0 Å². The second-order valence-corrected chi connectivity index (χ2v) is 4.17. The average Bonchev–Trinajstić information content (AvgIpc) is 2.76. The standard InChI is InChI=1S/C13H17N3O/c1-9(2)14-13-8-11(15-16-13)10-6-4-5-7-12(10)17-3/h4-9H,1-3H3,(H2,14,15,16). The lowest BCUT2D eigenvalue weighted by Gasteiger charge is -2.05. The zero-order valence-electron chi connectivity index (χ0n) is 10.3. The molecule has 0 bridgehead atoms. The molecule has 0 atom stereocenters. The van der Waals surface area contributed by atoms with Gasteiger partial charge in [-0.15, -0.1) is 0 Å². The Kier molecular flexibility index (Phi) is 3.32. The van der Waals surface area contributed by atoms with E-state index in [0.717, 1.165) is 22.8 Å². The lowest BCUT2D eigenvalue weighted by Crippen LogP contribution is -2.09. The van der Waals surface area contributed by atoms with Gasteiger partial charge in [-0.3, -0.25) is 5.10 Å². The quantitative estimate of drug-likeness (QED) is 0.850. The number of anilines is 1. The third-order valence-electron chi connectivity index (χ3n) is 2.41. The van der Waals surface area contributed by atoms with Crippen molar-refractivity contribution >= 4 is 5.82 Å². The molecule has 0 unspecified atom stereocenters. The topological polar surface area (TPSA) is 49.9 Å². The minimum Gasteiger partial charge on any atom is -0.496 e. The molecule has 1 heterocycles. The van der Waals surface area contributed by atoms with Gasteiger partial charge in [0.1, 0.15) is 11.6 Å². The first kappa shape index (κ1) is 11.5. The summed E-state index contributed by atoms with van der Waals surface area (Å²) in [5, 5.41) is 10.5. The first-order chi connectivity index (χ1) is 8.20. The van der Waals surface area contributed by atoms with Gasteiger partial charge in [0, 0.05) is 17.7 Å². The fourth-order valence-corrected chi connectivity index (χ4v) is 1.70. The van der Waals surface area contributed by atoms with Crippen molar-refractivity contribution in [3.05, 3.63) is 30.3 Å². The lowest BCUT2D eigenvalue weighted by molar-refractivity contribution is 0.416. The molecule has 4 heteroatoms. The number of nitrogens with one attached hydrogen (secondary N) is 2. The predicted octanol–water partition coefficient (Wildman–Crippen LogP) is 2.91. The van der Waals surface area contributed by atoms with E-state index in [9.17, 15) is 0 Å². The third kappa shape index (κ3) is 2.58. The Morgan fingerprint density at radius 3 is 2.76 bits per heavy atom. The van der Waals surface area contributed by atoms with Gasteiger partial charge in [-0.2, -0.15) is 5.10 Å². The maximum Gasteiger partial charge on any atom is 0.148 e. The first-order valence-electron chi connectivity index (χ1n) is 5.66. The van der Waals surface area contributed by atoms with Crippen LogP contribution in [0.15, 0.2) is 30.3 Å². The van der Waals surface area contributed by atoms with Crippen molar-refractivity contribution in [3.63, 3.8) is 0 Å². The summed E-state index contributed by atoms with van der Waals surface area (Å²) in [4.78, 5) is 0. The molecule has 0 saturated carbocycles. The minimum atomic E-state index is 0.365. The molecule has 17 heavy (non-hydrogen) atoms. The van der Waals surface area contributed by atoms with Crippen LogP contribution >= 0.6 is 0 Å². The van der Waals surface area contributed by atoms with Gasteiger partial charge >= 0.3 is 0 Å². The number of hydrogen-bond donors (Lipinski definition) is 2. The molecule has 0 aliphatic rings. The Bertz CT molecular complexity index is 491. The van der Waals surface area contributed by atoms with E-state index < -0.39 is 0 Å². The highest BCUT2D eigenvalue weighted by molar-refractivity contribution is 5.69. The molecule has 4 nitrogen and oxygen atoms in total. The molecule has 0 aliphatic heterocycles. The molecule has 90 valence electrons. The van der Waals surface area contributed by atoms with Crippen molar-refractivity contribution in [1.29, 1.82) is 0 Å². The smallest absolute Gasteiger partial charge is 0.148 e. The van der Waals surface area contributed by atoms with Gasteiger partial charge in [0.05, 0.1) is 12.8 Å². The van der Waals surface area contributed by atoms with E-state index in [1.165, 1.54) is 0 Å². The number of ether oxygens (including phenoxy) is 1. The van der Waals surface area contributed by atoms with E-state index in [-0.39, 0.29) is 0 Å². The van der Waals surface area contributed by atoms with E-state index in [4.69, 9.17) is 4.74 Å². The molecule has 0 saturated heterocycles. The van der Waals surface area contributed by atoms with Crippen molar-refractivity contribution in [2.75, 3.05) is 12.4 Å². The van der Waals surface area contributed by atoms with Crippen LogP contribution in [0.5, 0.6) is 5.75 Å². The van der Waals surface area contributed by atoms with Gasteiger partial charge in [-0.1, -0.05) is 12.1 Å². The maximum atomic E-state index is 5.32. The SMILES string of the molecule is COc1ccccc1-c1cc(NC(C)C)n[nH]1. The van der Waals surface area contributed by atoms with Crippen LogP contribution in [0, 0.1) is 0 Å². The zero-order chi connectivity index (χ0) is 12.3. The first-order valence-corrected chi connectivity index (χ1v) is 5.66. The largest absolute Gasteiger partial charge is 0.496 e. The molecular weight excluding hydrogens is 214 g/mol. The molecule has 0 aliphatic carbocycles. The van der Waals surface area contributed by atoms with Crippen LogP contribution in [-0.2, 0) is 0 Å². The van der Waals surface area contributed by atoms with E-state index in [2.05, 4.69) is 29.4 Å². The highest BCUT2D eigenvalue weighted by atomic mass is 16.5. The number of rotatable bonds is 4. The van der Waals surface area contributed by atoms with E-state index in [0.29, 0.717) is 6.04 Å². The molecule has 1 aromatic carbocycles. The van der Waals surface area contributed by atoms with Crippen LogP contribution < -0.4 is 10.1 Å². The Morgan fingerprint density at radius 1 is 1.29 bits per heavy atom. The Hall–Kier alpha value is -1.97. The third-order valence-corrected chi connectivity index (χ3v) is 2.41. The molecule has 2 rings (SSSR count). The van der Waals surface area contributed by atoms with Crippen molar-refractivity contribution in [3.8, 4) is 17.0 Å². The number of H-pyrrole nitrogens is 1. The Morgan fingerprint density at radius 2 is 2.06 bits per heavy atom. The molecule has 0 radical (unpaired) electrons. The highest BCUT2D eigenvalue weighted by Gasteiger charge is 2.08. The molecular formula is C13H17N3O. The molecule has 0 fully saturated rings. The van der Waals surface area contributed by atoms with Gasteiger partial charge < -0.3 is 10.1 Å². The number of hydrogen-bond acceptors (Lipinski definition) is 3. The van der Waals surface area contributed by atoms with Crippen molar-refractivity contribution in [1.82, 2.24) is 10.2 Å². The van der Waals surface area contributed by atoms with Crippen LogP contribution in [0.25, 0.3) is 11.3 Å². The number of benzene rings is 1. The van der Waals surface area contributed by atoms with Gasteiger partial charge in [-0.05, 0) is 26.0 Å². The summed E-state index contributed by atoms with van der Waals surface area (Å²) in [7, 11) is 1.67. The summed E-state index contributed by atoms with van der Waals surface area (Å²) in [5.74, 6) is 1.69. The number of nitrogens with zero attached hydrogens (tertiary/aromatic N) is 1. The van der Waals surface area contributed by atoms with E-state index in [1.54, 1.807) is 7.11 Å². The van der Waals surface area contributed by atoms with Gasteiger partial charge in [0.15, 0.2) is 0 Å². The maximum absolute atomic E-state index is 5.32. The van der Waals surface area contributed by atoms with Crippen LogP contribution in [0.1, 0.15) is 13.8 Å². The second kappa shape index (κ2) is 4.91. The summed E-state index contributed by atoms with van der Waals surface area (Å²) < 4.78 is 5.32. The van der Waals surface area contributed by atoms with E-state index in [1.807, 2.05) is 30.3 Å². The van der Waals surface area contributed by atoms with Crippen LogP contribution in [0.2, 0.25) is 0 Å². The fraction of sp³-hybridized carbons (Fsp3) is 0.308. The average molecular weight is 231 g/mol. The van der Waals surface area contributed by atoms with Crippen molar-refractivity contribution in [2.45, 2.75) is 19.9 Å². The van der Waals surface area contributed by atoms with Gasteiger partial charge in [-0.25, -0.2) is 0 Å². The fourth-order valence-electron chi connectivity index (χ4n) is 1.70. The second-order valence-electron chi connectivity index (χ2n) is 4.17. The van der Waals surface area contributed by atoms with Gasteiger partial charge in [0.2, 0.25) is 0 Å². The number of para-hydroxylation sites is 1. The summed E-state index contributed by atoms with van der Waals surface area (Å²) >= 11 is 0. The normalized spacial score (nSPS) is 10.6. The Balaban J connectivity index is 2.30.